The van der Waals surface area contributed by atoms with Gasteiger partial charge in [-0.15, -0.1) is 0 Å². The largest absolute Gasteiger partial charge is 0.394 e. The fourth-order valence-corrected chi connectivity index (χ4v) is 3.00. The van der Waals surface area contributed by atoms with E-state index < -0.39 is 0 Å². The van der Waals surface area contributed by atoms with Crippen molar-refractivity contribution in [3.05, 3.63) is 5.69 Å². The molecule has 2 N–H and O–H groups in total. The minimum absolute atomic E-state index is 0.610. The van der Waals surface area contributed by atoms with Crippen molar-refractivity contribution in [2.45, 2.75) is 59.5 Å². The van der Waals surface area contributed by atoms with Crippen LogP contribution in [0.2, 0.25) is 0 Å². The summed E-state index contributed by atoms with van der Waals surface area (Å²) >= 11 is 0. The fraction of sp³-hybridized carbons (Fsp3) is 0.786. The molecule has 1 aliphatic rings. The zero-order valence-electron chi connectivity index (χ0n) is 12.1. The summed E-state index contributed by atoms with van der Waals surface area (Å²) in [6, 6.07) is 0.610. The van der Waals surface area contributed by atoms with Crippen molar-refractivity contribution in [1.82, 2.24) is 9.78 Å². The lowest BCUT2D eigenvalue weighted by Crippen LogP contribution is -2.35. The lowest BCUT2D eigenvalue weighted by atomic mass is 10.0. The lowest BCUT2D eigenvalue weighted by molar-refractivity contribution is 0.478. The lowest BCUT2D eigenvalue weighted by Gasteiger charge is -2.30. The predicted molar refractivity (Wildman–Crippen MR) is 76.9 cm³/mol. The molecule has 0 amide bonds. The number of nitrogens with two attached hydrogens (primary N) is 1. The Hall–Kier alpha value is -1.19. The van der Waals surface area contributed by atoms with E-state index in [4.69, 9.17) is 5.73 Å². The number of nitrogen functional groups attached to an aromatic ring is 1. The van der Waals surface area contributed by atoms with E-state index in [9.17, 15) is 0 Å². The van der Waals surface area contributed by atoms with E-state index in [0.29, 0.717) is 12.0 Å². The highest BCUT2D eigenvalue weighted by Gasteiger charge is 2.31. The molecule has 4 nitrogen and oxygen atoms in total. The van der Waals surface area contributed by atoms with Crippen LogP contribution in [-0.4, -0.2) is 22.4 Å². The summed E-state index contributed by atoms with van der Waals surface area (Å²) in [4.78, 5) is 2.48. The Morgan fingerprint density at radius 3 is 2.78 bits per heavy atom. The zero-order chi connectivity index (χ0) is 13.3. The van der Waals surface area contributed by atoms with E-state index in [1.165, 1.54) is 12.8 Å². The van der Waals surface area contributed by atoms with Crippen LogP contribution in [0.15, 0.2) is 0 Å². The molecule has 2 rings (SSSR count). The van der Waals surface area contributed by atoms with Gasteiger partial charge in [-0.3, -0.25) is 0 Å². The molecule has 1 saturated heterocycles. The monoisotopic (exact) mass is 250 g/mol. The normalized spacial score (nSPS) is 20.1. The SMILES string of the molecule is CCCn1nc(C)c(N)c1N1CCCC1C(C)C. The van der Waals surface area contributed by atoms with Crippen LogP contribution in [0.1, 0.15) is 45.7 Å². The third-order valence-electron chi connectivity index (χ3n) is 3.92. The summed E-state index contributed by atoms with van der Waals surface area (Å²) in [5.74, 6) is 1.82. The third-order valence-corrected chi connectivity index (χ3v) is 3.92. The Kier molecular flexibility index (Phi) is 3.83. The van der Waals surface area contributed by atoms with Gasteiger partial charge in [0.05, 0.1) is 11.4 Å². The van der Waals surface area contributed by atoms with Gasteiger partial charge in [0.15, 0.2) is 5.82 Å². The molecule has 0 aromatic carbocycles. The molecular formula is C14H26N4. The molecule has 1 atom stereocenters. The molecule has 0 aliphatic carbocycles. The molecular weight excluding hydrogens is 224 g/mol. The van der Waals surface area contributed by atoms with Crippen molar-refractivity contribution in [1.29, 1.82) is 0 Å². The van der Waals surface area contributed by atoms with Crippen molar-refractivity contribution in [3.63, 3.8) is 0 Å². The second-order valence-electron chi connectivity index (χ2n) is 5.69. The van der Waals surface area contributed by atoms with Crippen LogP contribution < -0.4 is 10.6 Å². The number of nitrogens with zero attached hydrogens (tertiary/aromatic N) is 3. The Balaban J connectivity index is 2.36. The van der Waals surface area contributed by atoms with Gasteiger partial charge in [0.25, 0.3) is 0 Å². The van der Waals surface area contributed by atoms with Gasteiger partial charge in [-0.1, -0.05) is 20.8 Å². The number of rotatable bonds is 4. The van der Waals surface area contributed by atoms with Crippen LogP contribution in [0.25, 0.3) is 0 Å². The van der Waals surface area contributed by atoms with Gasteiger partial charge >= 0.3 is 0 Å². The zero-order valence-corrected chi connectivity index (χ0v) is 12.1. The van der Waals surface area contributed by atoms with Gasteiger partial charge < -0.3 is 10.6 Å². The van der Waals surface area contributed by atoms with Crippen LogP contribution in [0.4, 0.5) is 11.5 Å². The first-order valence-electron chi connectivity index (χ1n) is 7.15. The highest BCUT2D eigenvalue weighted by Crippen LogP contribution is 2.35. The first-order chi connectivity index (χ1) is 8.56. The standard InChI is InChI=1S/C14H26N4/c1-5-8-18-14(13(15)11(4)16-18)17-9-6-7-12(17)10(2)3/h10,12H,5-9,15H2,1-4H3. The Morgan fingerprint density at radius 2 is 2.17 bits per heavy atom. The summed E-state index contributed by atoms with van der Waals surface area (Å²) in [5, 5.41) is 4.59. The molecule has 0 radical (unpaired) electrons. The van der Waals surface area contributed by atoms with Gasteiger partial charge in [-0.25, -0.2) is 4.68 Å². The fourth-order valence-electron chi connectivity index (χ4n) is 3.00. The molecule has 1 aromatic rings. The van der Waals surface area contributed by atoms with Crippen molar-refractivity contribution in [2.24, 2.45) is 5.92 Å². The number of aryl methyl sites for hydroxylation is 2. The van der Waals surface area contributed by atoms with Crippen LogP contribution in [0, 0.1) is 12.8 Å². The molecule has 1 aliphatic heterocycles. The van der Waals surface area contributed by atoms with Crippen LogP contribution in [0.3, 0.4) is 0 Å². The Labute approximate surface area is 110 Å². The average molecular weight is 250 g/mol. The number of aromatic nitrogens is 2. The first kappa shape index (κ1) is 13.2. The highest BCUT2D eigenvalue weighted by molar-refractivity contribution is 5.67. The van der Waals surface area contributed by atoms with Crippen molar-refractivity contribution >= 4 is 11.5 Å². The maximum Gasteiger partial charge on any atom is 0.150 e. The van der Waals surface area contributed by atoms with E-state index in [0.717, 1.165) is 36.7 Å². The summed E-state index contributed by atoms with van der Waals surface area (Å²) in [6.45, 7) is 10.8. The van der Waals surface area contributed by atoms with Crippen molar-refractivity contribution < 1.29 is 0 Å². The average Bonchev–Trinajstić information content (AvgIpc) is 2.86. The quantitative estimate of drug-likeness (QED) is 0.894. The van der Waals surface area contributed by atoms with E-state index >= 15 is 0 Å². The predicted octanol–water partition coefficient (Wildman–Crippen LogP) is 2.81. The smallest absolute Gasteiger partial charge is 0.150 e. The van der Waals surface area contributed by atoms with Crippen LogP contribution in [0.5, 0.6) is 0 Å². The van der Waals surface area contributed by atoms with E-state index in [1.54, 1.807) is 0 Å². The van der Waals surface area contributed by atoms with Gasteiger partial charge in [-0.2, -0.15) is 5.10 Å². The molecule has 2 heterocycles. The topological polar surface area (TPSA) is 47.1 Å². The molecule has 102 valence electrons. The third kappa shape index (κ3) is 2.20. The number of hydrogen-bond acceptors (Lipinski definition) is 3. The van der Waals surface area contributed by atoms with Crippen LogP contribution in [-0.2, 0) is 6.54 Å². The van der Waals surface area contributed by atoms with Gasteiger partial charge in [0, 0.05) is 19.1 Å². The van der Waals surface area contributed by atoms with Gasteiger partial charge in [0.1, 0.15) is 0 Å². The molecule has 1 fully saturated rings. The number of hydrogen-bond donors (Lipinski definition) is 1. The minimum Gasteiger partial charge on any atom is -0.394 e. The number of anilines is 2. The maximum absolute atomic E-state index is 6.25. The molecule has 18 heavy (non-hydrogen) atoms. The molecule has 4 heteroatoms. The first-order valence-corrected chi connectivity index (χ1v) is 7.15. The second kappa shape index (κ2) is 5.21. The van der Waals surface area contributed by atoms with Gasteiger partial charge in [-0.05, 0) is 32.1 Å². The van der Waals surface area contributed by atoms with Gasteiger partial charge in [0.2, 0.25) is 0 Å². The molecule has 1 unspecified atom stereocenters. The molecule has 0 saturated carbocycles. The second-order valence-corrected chi connectivity index (χ2v) is 5.69. The summed E-state index contributed by atoms with van der Waals surface area (Å²) in [5.41, 5.74) is 8.09. The van der Waals surface area contributed by atoms with E-state index in [2.05, 4.69) is 35.5 Å². The van der Waals surface area contributed by atoms with Crippen LogP contribution >= 0.6 is 0 Å². The summed E-state index contributed by atoms with van der Waals surface area (Å²) in [6.07, 6.45) is 3.62. The Morgan fingerprint density at radius 1 is 1.44 bits per heavy atom. The summed E-state index contributed by atoms with van der Waals surface area (Å²) in [7, 11) is 0. The van der Waals surface area contributed by atoms with E-state index in [-0.39, 0.29) is 0 Å². The van der Waals surface area contributed by atoms with Crippen molar-refractivity contribution in [2.75, 3.05) is 17.2 Å². The Bertz CT molecular complexity index is 408. The highest BCUT2D eigenvalue weighted by atomic mass is 15.4. The minimum atomic E-state index is 0.610. The molecule has 1 aromatic heterocycles. The maximum atomic E-state index is 6.25. The van der Waals surface area contributed by atoms with Crippen molar-refractivity contribution in [3.8, 4) is 0 Å². The molecule has 0 spiro atoms. The summed E-state index contributed by atoms with van der Waals surface area (Å²) < 4.78 is 2.10. The van der Waals surface area contributed by atoms with E-state index in [1.807, 2.05) is 6.92 Å². The molecule has 0 bridgehead atoms.